The number of carbonyl (C=O) groups is 2. The van der Waals surface area contributed by atoms with Gasteiger partial charge in [0.15, 0.2) is 29.2 Å². The van der Waals surface area contributed by atoms with E-state index < -0.39 is 5.97 Å². The molecule has 0 aliphatic carbocycles. The number of hydrogen-bond acceptors (Lipinski definition) is 14. The van der Waals surface area contributed by atoms with Crippen LogP contribution in [0.3, 0.4) is 0 Å². The van der Waals surface area contributed by atoms with Crippen LogP contribution in [0.15, 0.2) is 151 Å². The summed E-state index contributed by atoms with van der Waals surface area (Å²) in [4.78, 5) is 28.6. The van der Waals surface area contributed by atoms with Gasteiger partial charge in [0.05, 0.1) is 84.6 Å². The highest BCUT2D eigenvalue weighted by Crippen LogP contribution is 2.47. The molecule has 0 fully saturated rings. The molecular formula is C63H69ClN2O13S. The van der Waals surface area contributed by atoms with Crippen LogP contribution in [-0.2, 0) is 41.6 Å². The fourth-order valence-corrected chi connectivity index (χ4v) is 9.66. The van der Waals surface area contributed by atoms with E-state index in [1.54, 1.807) is 19.1 Å². The molecule has 0 bridgehead atoms. The van der Waals surface area contributed by atoms with Gasteiger partial charge in [-0.15, -0.1) is 0 Å². The number of para-hydroxylation sites is 4. The zero-order valence-corrected chi connectivity index (χ0v) is 47.3. The van der Waals surface area contributed by atoms with Gasteiger partial charge in [-0.3, -0.25) is 4.79 Å². The number of ether oxygens (including phenoxy) is 11. The summed E-state index contributed by atoms with van der Waals surface area (Å²) >= 11 is 1.52. The van der Waals surface area contributed by atoms with Crippen LogP contribution in [-0.4, -0.2) is 123 Å². The summed E-state index contributed by atoms with van der Waals surface area (Å²) in [6.45, 7) is 10.0. The van der Waals surface area contributed by atoms with E-state index in [0.29, 0.717) is 114 Å². The summed E-state index contributed by atoms with van der Waals surface area (Å²) in [6, 6.07) is 43.3. The molecule has 80 heavy (non-hydrogen) atoms. The summed E-state index contributed by atoms with van der Waals surface area (Å²) in [7, 11) is 3.34. The van der Waals surface area contributed by atoms with Crippen LogP contribution in [0.25, 0.3) is 32.7 Å². The molecule has 7 aromatic carbocycles. The molecule has 1 aromatic heterocycles. The van der Waals surface area contributed by atoms with Crippen LogP contribution in [0.1, 0.15) is 27.0 Å². The second-order valence-electron chi connectivity index (χ2n) is 18.3. The maximum atomic E-state index is 13.9. The predicted molar refractivity (Wildman–Crippen MR) is 304 cm³/mol. The summed E-state index contributed by atoms with van der Waals surface area (Å²) in [6.07, 6.45) is 1.88. The predicted octanol–water partition coefficient (Wildman–Crippen LogP) is 7.51. The number of carbonyl (C=O) groups excluding carboxylic acids is 2. The van der Waals surface area contributed by atoms with Crippen molar-refractivity contribution in [1.29, 1.82) is 0 Å². The van der Waals surface area contributed by atoms with Gasteiger partial charge in [0.1, 0.15) is 44.5 Å². The van der Waals surface area contributed by atoms with Gasteiger partial charge in [-0.25, -0.2) is 4.79 Å². The topological polar surface area (TPSA) is 143 Å². The Balaban J connectivity index is 0.000000246. The average molecular weight is 1130 g/mol. The smallest absolute Gasteiger partial charge is 0.338 e. The Labute approximate surface area is 478 Å². The van der Waals surface area contributed by atoms with Crippen LogP contribution in [0.5, 0.6) is 34.5 Å². The standard InChI is InChI=1S/C39H37N2O5S.C24H32O8.ClH/c1-26-19-27(2)21-30(20-26)39(43)46-17-15-41(35(42)24-40-16-18-47-25-40)23-31-22-29-10-6-8-12-33(29)37(38(31)45-4)36-32-11-7-5-9-28(32)13-14-34(36)44-3;1-2-6-22-21(5-1)29-17-13-25-9-10-27-15-19-31-23-7-3-4-8-24(23)32-20-16-28-12-11-26-14-18-30-22;/h5-14,16,18-22,25H,15,17,23-24H2,1-4H3;1-8H,9-20H2;1H/q+1;;/p-1. The molecule has 0 unspecified atom stereocenters. The number of hydrogen-bond donors (Lipinski definition) is 0. The van der Waals surface area contributed by atoms with Gasteiger partial charge < -0.3 is 69.4 Å². The van der Waals surface area contributed by atoms with Crippen molar-refractivity contribution in [3.63, 3.8) is 0 Å². The molecule has 1 amide bonds. The van der Waals surface area contributed by atoms with Crippen molar-refractivity contribution in [2.45, 2.75) is 26.9 Å². The second-order valence-corrected chi connectivity index (χ2v) is 19.0. The Morgan fingerprint density at radius 1 is 0.562 bits per heavy atom. The van der Waals surface area contributed by atoms with Crippen molar-refractivity contribution in [3.8, 4) is 45.6 Å². The highest BCUT2D eigenvalue weighted by molar-refractivity contribution is 7.07. The molecule has 0 radical (unpaired) electrons. The Morgan fingerprint density at radius 3 is 1.55 bits per heavy atom. The van der Waals surface area contributed by atoms with Crippen LogP contribution in [0.2, 0.25) is 0 Å². The van der Waals surface area contributed by atoms with Gasteiger partial charge in [-0.05, 0) is 83.9 Å². The minimum Gasteiger partial charge on any atom is -1.00 e. The number of fused-ring (bicyclic) bond motifs is 4. The van der Waals surface area contributed by atoms with Crippen LogP contribution < -0.4 is 45.4 Å². The van der Waals surface area contributed by atoms with E-state index in [2.05, 4.69) is 36.4 Å². The van der Waals surface area contributed by atoms with E-state index in [4.69, 9.17) is 52.1 Å². The highest BCUT2D eigenvalue weighted by Gasteiger charge is 2.26. The molecule has 0 spiro atoms. The van der Waals surface area contributed by atoms with E-state index in [1.807, 2.05) is 133 Å². The summed E-state index contributed by atoms with van der Waals surface area (Å²) in [5.41, 5.74) is 7.04. The van der Waals surface area contributed by atoms with Crippen LogP contribution >= 0.6 is 11.3 Å². The van der Waals surface area contributed by atoms with E-state index >= 15 is 0 Å². The molecule has 2 heterocycles. The van der Waals surface area contributed by atoms with E-state index in [-0.39, 0.29) is 44.6 Å². The normalized spacial score (nSPS) is 13.8. The lowest BCUT2D eigenvalue weighted by Gasteiger charge is -2.25. The molecule has 0 saturated heterocycles. The maximum absolute atomic E-state index is 13.9. The van der Waals surface area contributed by atoms with Crippen LogP contribution in [0.4, 0.5) is 0 Å². The molecule has 9 rings (SSSR count). The number of halogens is 1. The molecule has 0 N–H and O–H groups in total. The van der Waals surface area contributed by atoms with E-state index in [1.165, 1.54) is 11.3 Å². The van der Waals surface area contributed by atoms with E-state index in [0.717, 1.165) is 55.1 Å². The van der Waals surface area contributed by atoms with Crippen molar-refractivity contribution >= 4 is 44.8 Å². The Kier molecular flexibility index (Phi) is 24.1. The van der Waals surface area contributed by atoms with Gasteiger partial charge in [0, 0.05) is 23.2 Å². The number of rotatable bonds is 11. The SMILES string of the molecule is COc1ccc2ccccc2c1-c1c(OC)c(CN(CCOC(=O)c2cc(C)cc(C)c2)C(=O)C[n+]2ccsc2)cc2ccccc12.[Cl-].c1ccc2c(c1)OCCOCCOCCOc1ccccc1OCCOCCOCCO2. The Bertz CT molecular complexity index is 3070. The minimum atomic E-state index is -0.412. The van der Waals surface area contributed by atoms with Gasteiger partial charge in [0.25, 0.3) is 5.91 Å². The number of benzene rings is 7. The summed E-state index contributed by atoms with van der Waals surface area (Å²) < 4.78 is 65.0. The monoisotopic (exact) mass is 1130 g/mol. The zero-order valence-electron chi connectivity index (χ0n) is 45.7. The molecular weight excluding hydrogens is 1060 g/mol. The van der Waals surface area contributed by atoms with E-state index in [9.17, 15) is 9.59 Å². The fourth-order valence-electron chi connectivity index (χ4n) is 9.06. The third-order valence-corrected chi connectivity index (χ3v) is 13.3. The summed E-state index contributed by atoms with van der Waals surface area (Å²) in [5, 5.41) is 6.06. The molecule has 1 aliphatic rings. The van der Waals surface area contributed by atoms with Gasteiger partial charge in [0.2, 0.25) is 12.1 Å². The summed E-state index contributed by atoms with van der Waals surface area (Å²) in [5.74, 6) is 3.60. The number of amides is 1. The van der Waals surface area contributed by atoms with Gasteiger partial charge in [-0.1, -0.05) is 107 Å². The first kappa shape index (κ1) is 60.2. The number of methoxy groups -OCH3 is 2. The number of esters is 1. The third kappa shape index (κ3) is 17.3. The highest BCUT2D eigenvalue weighted by atomic mass is 35.5. The van der Waals surface area contributed by atoms with Crippen molar-refractivity contribution in [3.05, 3.63) is 173 Å². The lowest BCUT2D eigenvalue weighted by molar-refractivity contribution is -0.680. The van der Waals surface area contributed by atoms with Crippen molar-refractivity contribution in [1.82, 2.24) is 4.90 Å². The van der Waals surface area contributed by atoms with Crippen molar-refractivity contribution in [2.24, 2.45) is 0 Å². The molecule has 15 nitrogen and oxygen atoms in total. The lowest BCUT2D eigenvalue weighted by Crippen LogP contribution is -3.00. The average Bonchev–Trinajstić information content (AvgIpc) is 4.07. The molecule has 8 aromatic rings. The molecule has 17 heteroatoms. The fraction of sp³-hybridized carbons (Fsp3) is 0.317. The van der Waals surface area contributed by atoms with Crippen molar-refractivity contribution in [2.75, 3.05) is 107 Å². The largest absolute Gasteiger partial charge is 1.00 e. The molecule has 0 saturated carbocycles. The molecule has 1 aliphatic heterocycles. The molecule has 422 valence electrons. The van der Waals surface area contributed by atoms with Crippen LogP contribution in [0, 0.1) is 13.8 Å². The number of thiazole rings is 1. The Hall–Kier alpha value is -7.44. The second kappa shape index (κ2) is 32.0. The first-order chi connectivity index (χ1) is 38.8. The molecule has 0 atom stereocenters. The van der Waals surface area contributed by atoms with Crippen molar-refractivity contribution < 1.29 is 78.7 Å². The quantitative estimate of drug-likeness (QED) is 0.0933. The lowest BCUT2D eigenvalue weighted by atomic mass is 9.90. The first-order valence-corrected chi connectivity index (χ1v) is 27.3. The third-order valence-electron chi connectivity index (χ3n) is 12.6. The number of aryl methyl sites for hydroxylation is 2. The maximum Gasteiger partial charge on any atom is 0.338 e. The number of nitrogens with zero attached hydrogens (tertiary/aromatic N) is 2. The first-order valence-electron chi connectivity index (χ1n) is 26.4. The number of aromatic nitrogens is 1. The van der Waals surface area contributed by atoms with Gasteiger partial charge >= 0.3 is 5.97 Å². The zero-order chi connectivity index (χ0) is 55.0. The minimum absolute atomic E-state index is 0. The van der Waals surface area contributed by atoms with Gasteiger partial charge in [-0.2, -0.15) is 4.57 Å². The Morgan fingerprint density at radius 2 is 1.05 bits per heavy atom.